The van der Waals surface area contributed by atoms with Crippen LogP contribution in [0.4, 0.5) is 0 Å². The maximum atomic E-state index is 2.46. The highest BCUT2D eigenvalue weighted by Gasteiger charge is 2.39. The fourth-order valence-corrected chi connectivity index (χ4v) is 4.04. The zero-order valence-electron chi connectivity index (χ0n) is 11.5. The van der Waals surface area contributed by atoms with E-state index in [4.69, 9.17) is 0 Å². The Balaban J connectivity index is 2.35. The van der Waals surface area contributed by atoms with E-state index in [1.165, 1.54) is 12.8 Å². The van der Waals surface area contributed by atoms with Crippen molar-refractivity contribution >= 4 is 0 Å². The molecule has 2 aliphatic rings. The fraction of sp³-hybridized carbons (Fsp3) is 0.750. The maximum absolute atomic E-state index is 2.46. The summed E-state index contributed by atoms with van der Waals surface area (Å²) in [6.45, 7) is 11.9. The monoisotopic (exact) mass is 218 g/mol. The highest BCUT2D eigenvalue weighted by atomic mass is 14.4. The smallest absolute Gasteiger partial charge is 0.0166 e. The van der Waals surface area contributed by atoms with Crippen LogP contribution in [0.25, 0.3) is 0 Å². The lowest BCUT2D eigenvalue weighted by Gasteiger charge is -2.31. The van der Waals surface area contributed by atoms with E-state index >= 15 is 0 Å². The highest BCUT2D eigenvalue weighted by molar-refractivity contribution is 5.27. The zero-order valence-corrected chi connectivity index (χ0v) is 11.5. The van der Waals surface area contributed by atoms with E-state index in [2.05, 4.69) is 46.8 Å². The van der Waals surface area contributed by atoms with Gasteiger partial charge in [0.05, 0.1) is 0 Å². The van der Waals surface area contributed by atoms with Gasteiger partial charge in [0, 0.05) is 0 Å². The molecule has 1 saturated carbocycles. The molecule has 0 spiro atoms. The lowest BCUT2D eigenvalue weighted by atomic mass is 9.74. The van der Waals surface area contributed by atoms with Crippen LogP contribution in [0.5, 0.6) is 0 Å². The maximum Gasteiger partial charge on any atom is -0.0166 e. The molecule has 2 aliphatic carbocycles. The Labute approximate surface area is 101 Å². The van der Waals surface area contributed by atoms with E-state index in [-0.39, 0.29) is 0 Å². The van der Waals surface area contributed by atoms with E-state index in [0.717, 1.165) is 23.7 Å². The van der Waals surface area contributed by atoms with Gasteiger partial charge in [-0.15, -0.1) is 0 Å². The molecule has 0 aromatic rings. The summed E-state index contributed by atoms with van der Waals surface area (Å²) < 4.78 is 0. The average molecular weight is 218 g/mol. The molecule has 2 rings (SSSR count). The van der Waals surface area contributed by atoms with Crippen molar-refractivity contribution in [3.8, 4) is 0 Å². The third kappa shape index (κ3) is 1.87. The van der Waals surface area contributed by atoms with E-state index in [9.17, 15) is 0 Å². The predicted octanol–water partition coefficient (Wildman–Crippen LogP) is 4.83. The normalized spacial score (nSPS) is 39.1. The van der Waals surface area contributed by atoms with Crippen molar-refractivity contribution in [1.29, 1.82) is 0 Å². The van der Waals surface area contributed by atoms with Crippen molar-refractivity contribution in [1.82, 2.24) is 0 Å². The lowest BCUT2D eigenvalue weighted by Crippen LogP contribution is -2.24. The Morgan fingerprint density at radius 2 is 1.81 bits per heavy atom. The fourth-order valence-electron chi connectivity index (χ4n) is 4.04. The van der Waals surface area contributed by atoms with Gasteiger partial charge in [0.15, 0.2) is 0 Å². The predicted molar refractivity (Wildman–Crippen MR) is 71.2 cm³/mol. The van der Waals surface area contributed by atoms with Gasteiger partial charge in [0.25, 0.3) is 0 Å². The Kier molecular flexibility index (Phi) is 3.28. The Hall–Kier alpha value is -0.520. The van der Waals surface area contributed by atoms with Crippen LogP contribution < -0.4 is 0 Å². The molecule has 0 heterocycles. The van der Waals surface area contributed by atoms with Crippen LogP contribution >= 0.6 is 0 Å². The van der Waals surface area contributed by atoms with Gasteiger partial charge < -0.3 is 0 Å². The quantitative estimate of drug-likeness (QED) is 0.591. The molecule has 0 aromatic heterocycles. The molecule has 0 bridgehead atoms. The molecule has 3 unspecified atom stereocenters. The van der Waals surface area contributed by atoms with Crippen LogP contribution in [0.1, 0.15) is 47.5 Å². The van der Waals surface area contributed by atoms with E-state index in [1.807, 2.05) is 0 Å². The SMILES string of the molecule is CC1=CC=C(C(C)C)[C@@H](C)C2C(C)CCC12. The number of allylic oxidation sites excluding steroid dienone is 4. The molecule has 0 N–H and O–H groups in total. The molecule has 0 nitrogen and oxygen atoms in total. The van der Waals surface area contributed by atoms with E-state index < -0.39 is 0 Å². The first-order valence-corrected chi connectivity index (χ1v) is 6.90. The second-order valence-corrected chi connectivity index (χ2v) is 6.26. The van der Waals surface area contributed by atoms with Crippen LogP contribution in [-0.4, -0.2) is 0 Å². The molecular formula is C16H26. The Bertz CT molecular complexity index is 319. The first-order valence-electron chi connectivity index (χ1n) is 6.90. The molecule has 16 heavy (non-hydrogen) atoms. The highest BCUT2D eigenvalue weighted by Crippen LogP contribution is 2.49. The van der Waals surface area contributed by atoms with Gasteiger partial charge in [-0.1, -0.05) is 51.0 Å². The van der Waals surface area contributed by atoms with Crippen LogP contribution in [-0.2, 0) is 0 Å². The minimum atomic E-state index is 0.700. The molecule has 0 heteroatoms. The van der Waals surface area contributed by atoms with Crippen molar-refractivity contribution in [2.45, 2.75) is 47.5 Å². The third-order valence-electron chi connectivity index (χ3n) is 4.95. The second kappa shape index (κ2) is 4.39. The van der Waals surface area contributed by atoms with Crippen molar-refractivity contribution in [2.24, 2.45) is 29.6 Å². The summed E-state index contributed by atoms with van der Waals surface area (Å²) in [7, 11) is 0. The summed E-state index contributed by atoms with van der Waals surface area (Å²) in [5.74, 6) is 4.13. The van der Waals surface area contributed by atoms with Gasteiger partial charge in [-0.25, -0.2) is 0 Å². The van der Waals surface area contributed by atoms with Gasteiger partial charge in [-0.3, -0.25) is 0 Å². The Morgan fingerprint density at radius 1 is 1.12 bits per heavy atom. The summed E-state index contributed by atoms with van der Waals surface area (Å²) in [5.41, 5.74) is 3.29. The number of fused-ring (bicyclic) bond motifs is 1. The Morgan fingerprint density at radius 3 is 2.44 bits per heavy atom. The minimum Gasteiger partial charge on any atom is -0.0699 e. The van der Waals surface area contributed by atoms with Crippen molar-refractivity contribution in [2.75, 3.05) is 0 Å². The van der Waals surface area contributed by atoms with Crippen LogP contribution in [0.15, 0.2) is 23.3 Å². The summed E-state index contributed by atoms with van der Waals surface area (Å²) in [6.07, 6.45) is 7.65. The minimum absolute atomic E-state index is 0.700. The molecular weight excluding hydrogens is 192 g/mol. The topological polar surface area (TPSA) is 0 Å². The van der Waals surface area contributed by atoms with Gasteiger partial charge in [-0.2, -0.15) is 0 Å². The van der Waals surface area contributed by atoms with Gasteiger partial charge >= 0.3 is 0 Å². The molecule has 0 radical (unpaired) electrons. The molecule has 0 aromatic carbocycles. The van der Waals surface area contributed by atoms with Gasteiger partial charge in [0.2, 0.25) is 0 Å². The van der Waals surface area contributed by atoms with E-state index in [1.54, 1.807) is 11.1 Å². The van der Waals surface area contributed by atoms with Gasteiger partial charge in [0.1, 0.15) is 0 Å². The summed E-state index contributed by atoms with van der Waals surface area (Å²) in [5, 5.41) is 0. The van der Waals surface area contributed by atoms with Crippen LogP contribution in [0, 0.1) is 29.6 Å². The largest absolute Gasteiger partial charge is 0.0699 e. The van der Waals surface area contributed by atoms with Crippen molar-refractivity contribution < 1.29 is 0 Å². The first kappa shape index (κ1) is 12.0. The summed E-state index contributed by atoms with van der Waals surface area (Å²) in [4.78, 5) is 0. The average Bonchev–Trinajstić information content (AvgIpc) is 2.53. The molecule has 1 fully saturated rings. The van der Waals surface area contributed by atoms with Crippen LogP contribution in [0.3, 0.4) is 0 Å². The summed E-state index contributed by atoms with van der Waals surface area (Å²) in [6, 6.07) is 0. The number of hydrogen-bond acceptors (Lipinski definition) is 0. The van der Waals surface area contributed by atoms with Crippen LogP contribution in [0.2, 0.25) is 0 Å². The summed E-state index contributed by atoms with van der Waals surface area (Å²) >= 11 is 0. The molecule has 4 atom stereocenters. The first-order chi connectivity index (χ1) is 7.52. The third-order valence-corrected chi connectivity index (χ3v) is 4.95. The van der Waals surface area contributed by atoms with Gasteiger partial charge in [-0.05, 0) is 49.4 Å². The standard InChI is InChI=1S/C16H26/c1-10(2)14-8-6-11(3)15-9-7-12(4)16(15)13(14)5/h6,8,10,12-13,15-16H,7,9H2,1-5H3/t12?,13-,15?,16?/m1/s1. The lowest BCUT2D eigenvalue weighted by molar-refractivity contribution is 0.271. The second-order valence-electron chi connectivity index (χ2n) is 6.26. The zero-order chi connectivity index (χ0) is 11.9. The molecule has 0 aliphatic heterocycles. The van der Waals surface area contributed by atoms with Crippen molar-refractivity contribution in [3.63, 3.8) is 0 Å². The number of rotatable bonds is 1. The van der Waals surface area contributed by atoms with E-state index in [0.29, 0.717) is 5.92 Å². The molecule has 0 saturated heterocycles. The molecule has 90 valence electrons. The number of hydrogen-bond donors (Lipinski definition) is 0. The molecule has 0 amide bonds. The van der Waals surface area contributed by atoms with Crippen molar-refractivity contribution in [3.05, 3.63) is 23.3 Å².